The standard InChI is InChI=1S/C5H8O3S/c1-5-3-2-4-8-9(5,6)7/h2-3,5H,4H2,1H3. The van der Waals surface area contributed by atoms with E-state index < -0.39 is 15.4 Å². The summed E-state index contributed by atoms with van der Waals surface area (Å²) >= 11 is 0. The van der Waals surface area contributed by atoms with Gasteiger partial charge in [-0.05, 0) is 6.92 Å². The van der Waals surface area contributed by atoms with E-state index in [1.54, 1.807) is 19.1 Å². The van der Waals surface area contributed by atoms with Crippen molar-refractivity contribution in [1.29, 1.82) is 0 Å². The van der Waals surface area contributed by atoms with Gasteiger partial charge in [-0.2, -0.15) is 8.42 Å². The van der Waals surface area contributed by atoms with Gasteiger partial charge in [0, 0.05) is 0 Å². The highest BCUT2D eigenvalue weighted by molar-refractivity contribution is 7.87. The van der Waals surface area contributed by atoms with Gasteiger partial charge in [-0.1, -0.05) is 12.2 Å². The minimum atomic E-state index is -3.25. The Kier molecular flexibility index (Phi) is 1.59. The SMILES string of the molecule is CC1C=CCOS1(=O)=O. The molecule has 9 heavy (non-hydrogen) atoms. The average Bonchev–Trinajstić information content (AvgIpc) is 1.77. The predicted molar refractivity (Wildman–Crippen MR) is 33.5 cm³/mol. The Hall–Kier alpha value is -0.350. The van der Waals surface area contributed by atoms with Crippen molar-refractivity contribution in [2.45, 2.75) is 12.2 Å². The van der Waals surface area contributed by atoms with Gasteiger partial charge in [0.15, 0.2) is 0 Å². The lowest BCUT2D eigenvalue weighted by atomic mass is 10.4. The van der Waals surface area contributed by atoms with Crippen molar-refractivity contribution in [3.05, 3.63) is 12.2 Å². The normalized spacial score (nSPS) is 32.3. The van der Waals surface area contributed by atoms with Crippen LogP contribution in [0.15, 0.2) is 12.2 Å². The zero-order chi connectivity index (χ0) is 6.91. The molecule has 0 aromatic heterocycles. The largest absolute Gasteiger partial charge is 0.273 e. The third-order valence-corrected chi connectivity index (χ3v) is 2.72. The lowest BCUT2D eigenvalue weighted by Crippen LogP contribution is -2.21. The Morgan fingerprint density at radius 1 is 1.67 bits per heavy atom. The van der Waals surface area contributed by atoms with Crippen LogP contribution >= 0.6 is 0 Å². The Morgan fingerprint density at radius 3 is 2.67 bits per heavy atom. The fourth-order valence-electron chi connectivity index (χ4n) is 0.585. The first kappa shape index (κ1) is 6.77. The molecule has 0 radical (unpaired) electrons. The van der Waals surface area contributed by atoms with Gasteiger partial charge >= 0.3 is 0 Å². The van der Waals surface area contributed by atoms with Crippen LogP contribution in [-0.4, -0.2) is 20.3 Å². The molecule has 0 fully saturated rings. The van der Waals surface area contributed by atoms with Crippen molar-refractivity contribution in [2.24, 2.45) is 0 Å². The minimum Gasteiger partial charge on any atom is -0.265 e. The first-order valence-electron chi connectivity index (χ1n) is 2.68. The van der Waals surface area contributed by atoms with Gasteiger partial charge in [-0.3, -0.25) is 4.18 Å². The molecule has 0 saturated carbocycles. The Labute approximate surface area is 54.5 Å². The van der Waals surface area contributed by atoms with Crippen LogP contribution in [0.1, 0.15) is 6.92 Å². The van der Waals surface area contributed by atoms with E-state index in [0.717, 1.165) is 0 Å². The number of hydrogen-bond acceptors (Lipinski definition) is 3. The zero-order valence-electron chi connectivity index (χ0n) is 5.07. The third kappa shape index (κ3) is 1.31. The summed E-state index contributed by atoms with van der Waals surface area (Å²) < 4.78 is 25.9. The monoisotopic (exact) mass is 148 g/mol. The van der Waals surface area contributed by atoms with Crippen molar-refractivity contribution in [1.82, 2.24) is 0 Å². The fourth-order valence-corrected chi connectivity index (χ4v) is 1.37. The minimum absolute atomic E-state index is 0.187. The molecule has 0 aliphatic carbocycles. The number of rotatable bonds is 0. The first-order valence-corrected chi connectivity index (χ1v) is 4.15. The first-order chi connectivity index (χ1) is 4.13. The maximum Gasteiger partial charge on any atom is 0.273 e. The van der Waals surface area contributed by atoms with Crippen LogP contribution in [0.2, 0.25) is 0 Å². The van der Waals surface area contributed by atoms with Crippen LogP contribution in [-0.2, 0) is 14.3 Å². The van der Waals surface area contributed by atoms with Crippen LogP contribution in [0, 0.1) is 0 Å². The second-order valence-electron chi connectivity index (χ2n) is 1.91. The molecular weight excluding hydrogens is 140 g/mol. The Bertz CT molecular complexity index is 214. The average molecular weight is 148 g/mol. The van der Waals surface area contributed by atoms with E-state index in [1.807, 2.05) is 0 Å². The molecule has 1 aliphatic rings. The molecule has 1 rings (SSSR count). The second-order valence-corrected chi connectivity index (χ2v) is 3.88. The van der Waals surface area contributed by atoms with E-state index in [0.29, 0.717) is 0 Å². The fraction of sp³-hybridized carbons (Fsp3) is 0.600. The Balaban J connectivity index is 2.92. The van der Waals surface area contributed by atoms with Crippen molar-refractivity contribution < 1.29 is 12.6 Å². The van der Waals surface area contributed by atoms with E-state index in [9.17, 15) is 8.42 Å². The lowest BCUT2D eigenvalue weighted by Gasteiger charge is -2.11. The highest BCUT2D eigenvalue weighted by Gasteiger charge is 2.20. The van der Waals surface area contributed by atoms with Crippen molar-refractivity contribution >= 4 is 10.1 Å². The molecule has 0 aromatic carbocycles. The quantitative estimate of drug-likeness (QED) is 0.366. The number of hydrogen-bond donors (Lipinski definition) is 0. The molecule has 52 valence electrons. The molecule has 1 aliphatic heterocycles. The second kappa shape index (κ2) is 2.11. The summed E-state index contributed by atoms with van der Waals surface area (Å²) in [5, 5.41) is -0.480. The van der Waals surface area contributed by atoms with E-state index >= 15 is 0 Å². The molecule has 0 amide bonds. The molecule has 1 atom stereocenters. The molecule has 0 spiro atoms. The zero-order valence-corrected chi connectivity index (χ0v) is 5.89. The van der Waals surface area contributed by atoms with E-state index in [4.69, 9.17) is 0 Å². The van der Waals surface area contributed by atoms with Gasteiger partial charge in [0.25, 0.3) is 10.1 Å². The van der Waals surface area contributed by atoms with Gasteiger partial charge in [-0.25, -0.2) is 0 Å². The van der Waals surface area contributed by atoms with Gasteiger partial charge in [0.05, 0.1) is 6.61 Å². The molecule has 0 saturated heterocycles. The molecule has 3 nitrogen and oxygen atoms in total. The topological polar surface area (TPSA) is 43.4 Å². The van der Waals surface area contributed by atoms with Crippen LogP contribution in [0.4, 0.5) is 0 Å². The summed E-state index contributed by atoms with van der Waals surface area (Å²) in [7, 11) is -3.25. The molecule has 1 unspecified atom stereocenters. The van der Waals surface area contributed by atoms with Gasteiger partial charge in [0.2, 0.25) is 0 Å². The summed E-state index contributed by atoms with van der Waals surface area (Å²) in [6, 6.07) is 0. The van der Waals surface area contributed by atoms with Crippen LogP contribution in [0.5, 0.6) is 0 Å². The molecular formula is C5H8O3S. The van der Waals surface area contributed by atoms with Crippen molar-refractivity contribution in [3.8, 4) is 0 Å². The maximum atomic E-state index is 10.7. The predicted octanol–water partition coefficient (Wildman–Crippen LogP) is 0.291. The smallest absolute Gasteiger partial charge is 0.265 e. The van der Waals surface area contributed by atoms with E-state index in [-0.39, 0.29) is 6.61 Å². The van der Waals surface area contributed by atoms with Gasteiger partial charge < -0.3 is 0 Å². The third-order valence-electron chi connectivity index (χ3n) is 1.19. The summed E-state index contributed by atoms with van der Waals surface area (Å²) in [6.07, 6.45) is 3.32. The van der Waals surface area contributed by atoms with Crippen LogP contribution < -0.4 is 0 Å². The lowest BCUT2D eigenvalue weighted by molar-refractivity contribution is 0.347. The van der Waals surface area contributed by atoms with Crippen LogP contribution in [0.3, 0.4) is 0 Å². The highest BCUT2D eigenvalue weighted by atomic mass is 32.2. The molecule has 0 bridgehead atoms. The summed E-state index contributed by atoms with van der Waals surface area (Å²) in [4.78, 5) is 0. The van der Waals surface area contributed by atoms with E-state index in [1.165, 1.54) is 0 Å². The van der Waals surface area contributed by atoms with Crippen molar-refractivity contribution in [2.75, 3.05) is 6.61 Å². The molecule has 0 aromatic rings. The summed E-state index contributed by atoms with van der Waals surface area (Å²) in [5.74, 6) is 0. The highest BCUT2D eigenvalue weighted by Crippen LogP contribution is 2.09. The van der Waals surface area contributed by atoms with Gasteiger partial charge in [-0.15, -0.1) is 0 Å². The molecule has 4 heteroatoms. The van der Waals surface area contributed by atoms with Crippen LogP contribution in [0.25, 0.3) is 0 Å². The van der Waals surface area contributed by atoms with Gasteiger partial charge in [0.1, 0.15) is 5.25 Å². The van der Waals surface area contributed by atoms with Crippen molar-refractivity contribution in [3.63, 3.8) is 0 Å². The molecule has 0 N–H and O–H groups in total. The maximum absolute atomic E-state index is 10.7. The summed E-state index contributed by atoms with van der Waals surface area (Å²) in [5.41, 5.74) is 0. The Morgan fingerprint density at radius 2 is 2.33 bits per heavy atom. The van der Waals surface area contributed by atoms with E-state index in [2.05, 4.69) is 4.18 Å². The molecule has 1 heterocycles. The summed E-state index contributed by atoms with van der Waals surface area (Å²) in [6.45, 7) is 1.78.